The van der Waals surface area contributed by atoms with Crippen molar-refractivity contribution in [2.24, 2.45) is 11.3 Å². The highest BCUT2D eigenvalue weighted by Crippen LogP contribution is 2.31. The van der Waals surface area contributed by atoms with Crippen molar-refractivity contribution in [3.63, 3.8) is 0 Å². The van der Waals surface area contributed by atoms with E-state index in [4.69, 9.17) is 10.6 Å². The molecule has 0 aliphatic rings. The van der Waals surface area contributed by atoms with Gasteiger partial charge in [0.25, 0.3) is 0 Å². The first-order chi connectivity index (χ1) is 8.45. The summed E-state index contributed by atoms with van der Waals surface area (Å²) in [6.07, 6.45) is 2.83. The SMILES string of the molecule is CCCn1nccc1C(NN)C(OC)C(C)(C)C. The second kappa shape index (κ2) is 6.31. The number of aryl methyl sites for hydroxylation is 1. The minimum atomic E-state index is -0.0657. The van der Waals surface area contributed by atoms with Crippen LogP contribution in [0.1, 0.15) is 45.9 Å². The molecule has 3 N–H and O–H groups in total. The van der Waals surface area contributed by atoms with Crippen molar-refractivity contribution in [3.8, 4) is 0 Å². The van der Waals surface area contributed by atoms with Gasteiger partial charge in [-0.15, -0.1) is 0 Å². The maximum Gasteiger partial charge on any atom is 0.0895 e. The fourth-order valence-corrected chi connectivity index (χ4v) is 2.32. The Labute approximate surface area is 110 Å². The number of nitrogens with one attached hydrogen (secondary N) is 1. The van der Waals surface area contributed by atoms with Gasteiger partial charge < -0.3 is 4.74 Å². The molecular weight excluding hydrogens is 228 g/mol. The number of hydrogen-bond donors (Lipinski definition) is 2. The predicted molar refractivity (Wildman–Crippen MR) is 72.8 cm³/mol. The molecule has 0 aliphatic carbocycles. The molecule has 0 aliphatic heterocycles. The van der Waals surface area contributed by atoms with Gasteiger partial charge in [0.1, 0.15) is 0 Å². The van der Waals surface area contributed by atoms with E-state index in [1.54, 1.807) is 7.11 Å². The molecule has 0 amide bonds. The van der Waals surface area contributed by atoms with Gasteiger partial charge in [-0.3, -0.25) is 10.5 Å². The molecule has 0 spiro atoms. The number of nitrogens with zero attached hydrogens (tertiary/aromatic N) is 2. The number of hydrogen-bond acceptors (Lipinski definition) is 4. The standard InChI is InChI=1S/C13H26N4O/c1-6-9-17-10(7-8-15-17)11(16-14)12(18-5)13(2,3)4/h7-8,11-12,16H,6,9,14H2,1-5H3. The highest BCUT2D eigenvalue weighted by Gasteiger charge is 2.34. The minimum absolute atomic E-state index is 0.00684. The molecule has 5 heteroatoms. The van der Waals surface area contributed by atoms with Crippen LogP contribution in [-0.2, 0) is 11.3 Å². The van der Waals surface area contributed by atoms with Gasteiger partial charge in [0.15, 0.2) is 0 Å². The summed E-state index contributed by atoms with van der Waals surface area (Å²) in [5.41, 5.74) is 3.94. The second-order valence-electron chi connectivity index (χ2n) is 5.65. The monoisotopic (exact) mass is 254 g/mol. The molecule has 0 radical (unpaired) electrons. The molecule has 0 saturated heterocycles. The largest absolute Gasteiger partial charge is 0.379 e. The summed E-state index contributed by atoms with van der Waals surface area (Å²) < 4.78 is 7.63. The van der Waals surface area contributed by atoms with Crippen molar-refractivity contribution in [1.29, 1.82) is 0 Å². The van der Waals surface area contributed by atoms with Crippen LogP contribution in [0.5, 0.6) is 0 Å². The average Bonchev–Trinajstić information content (AvgIpc) is 2.72. The topological polar surface area (TPSA) is 65.1 Å². The van der Waals surface area contributed by atoms with Crippen LogP contribution in [0.15, 0.2) is 12.3 Å². The predicted octanol–water partition coefficient (Wildman–Crippen LogP) is 1.86. The Morgan fingerprint density at radius 3 is 2.61 bits per heavy atom. The lowest BCUT2D eigenvalue weighted by molar-refractivity contribution is -0.0141. The van der Waals surface area contributed by atoms with Crippen LogP contribution in [0.2, 0.25) is 0 Å². The fraction of sp³-hybridized carbons (Fsp3) is 0.769. The highest BCUT2D eigenvalue weighted by molar-refractivity contribution is 5.10. The highest BCUT2D eigenvalue weighted by atomic mass is 16.5. The first-order valence-electron chi connectivity index (χ1n) is 6.46. The zero-order chi connectivity index (χ0) is 13.8. The van der Waals surface area contributed by atoms with Crippen LogP contribution in [0.4, 0.5) is 0 Å². The Bertz CT molecular complexity index is 356. The Kier molecular flexibility index (Phi) is 5.31. The minimum Gasteiger partial charge on any atom is -0.379 e. The first kappa shape index (κ1) is 15.1. The summed E-state index contributed by atoms with van der Waals surface area (Å²) in [4.78, 5) is 0. The number of methoxy groups -OCH3 is 1. The molecule has 1 heterocycles. The van der Waals surface area contributed by atoms with Gasteiger partial charge in [-0.25, -0.2) is 5.43 Å². The van der Waals surface area contributed by atoms with Crippen molar-refractivity contribution in [1.82, 2.24) is 15.2 Å². The fourth-order valence-electron chi connectivity index (χ4n) is 2.32. The molecule has 0 aromatic carbocycles. The molecule has 0 saturated carbocycles. The Balaban J connectivity index is 3.04. The lowest BCUT2D eigenvalue weighted by atomic mass is 9.83. The molecule has 18 heavy (non-hydrogen) atoms. The zero-order valence-corrected chi connectivity index (χ0v) is 12.1. The van der Waals surface area contributed by atoms with E-state index >= 15 is 0 Å². The molecule has 5 nitrogen and oxygen atoms in total. The number of nitrogens with two attached hydrogens (primary N) is 1. The van der Waals surface area contributed by atoms with Gasteiger partial charge in [-0.2, -0.15) is 5.10 Å². The summed E-state index contributed by atoms with van der Waals surface area (Å²) >= 11 is 0. The van der Waals surface area contributed by atoms with Crippen LogP contribution in [-0.4, -0.2) is 23.0 Å². The summed E-state index contributed by atoms with van der Waals surface area (Å²) in [6, 6.07) is 1.93. The number of ether oxygens (including phenoxy) is 1. The van der Waals surface area contributed by atoms with Gasteiger partial charge >= 0.3 is 0 Å². The first-order valence-corrected chi connectivity index (χ1v) is 6.46. The van der Waals surface area contributed by atoms with Gasteiger partial charge in [0, 0.05) is 19.9 Å². The van der Waals surface area contributed by atoms with E-state index in [9.17, 15) is 0 Å². The molecule has 0 fully saturated rings. The average molecular weight is 254 g/mol. The molecule has 104 valence electrons. The van der Waals surface area contributed by atoms with Crippen molar-refractivity contribution >= 4 is 0 Å². The molecular formula is C13H26N4O. The summed E-state index contributed by atoms with van der Waals surface area (Å²) in [5.74, 6) is 5.73. The molecule has 2 unspecified atom stereocenters. The van der Waals surface area contributed by atoms with E-state index in [2.05, 4.69) is 38.2 Å². The van der Waals surface area contributed by atoms with E-state index in [0.29, 0.717) is 0 Å². The molecule has 2 atom stereocenters. The zero-order valence-electron chi connectivity index (χ0n) is 12.1. The molecule has 1 aromatic heterocycles. The van der Waals surface area contributed by atoms with Crippen LogP contribution in [0.25, 0.3) is 0 Å². The third kappa shape index (κ3) is 3.31. The Hall–Kier alpha value is -0.910. The van der Waals surface area contributed by atoms with E-state index in [0.717, 1.165) is 18.7 Å². The Morgan fingerprint density at radius 2 is 2.17 bits per heavy atom. The van der Waals surface area contributed by atoms with Gasteiger partial charge in [0.05, 0.1) is 17.8 Å². The molecule has 1 rings (SSSR count). The van der Waals surface area contributed by atoms with Crippen molar-refractivity contribution in [3.05, 3.63) is 18.0 Å². The number of aromatic nitrogens is 2. The third-order valence-corrected chi connectivity index (χ3v) is 3.09. The van der Waals surface area contributed by atoms with Crippen molar-refractivity contribution in [2.45, 2.75) is 52.8 Å². The molecule has 1 aromatic rings. The lowest BCUT2D eigenvalue weighted by Crippen LogP contribution is -2.45. The second-order valence-corrected chi connectivity index (χ2v) is 5.65. The van der Waals surface area contributed by atoms with Gasteiger partial charge in [0.2, 0.25) is 0 Å². The van der Waals surface area contributed by atoms with E-state index in [-0.39, 0.29) is 17.6 Å². The van der Waals surface area contributed by atoms with Crippen LogP contribution in [0.3, 0.4) is 0 Å². The summed E-state index contributed by atoms with van der Waals surface area (Å²) in [7, 11) is 1.72. The van der Waals surface area contributed by atoms with E-state index in [1.165, 1.54) is 0 Å². The maximum atomic E-state index is 5.73. The Morgan fingerprint density at radius 1 is 1.50 bits per heavy atom. The van der Waals surface area contributed by atoms with Crippen molar-refractivity contribution in [2.75, 3.05) is 7.11 Å². The normalized spacial score (nSPS) is 15.7. The number of rotatable bonds is 6. The summed E-state index contributed by atoms with van der Waals surface area (Å²) in [6.45, 7) is 9.46. The maximum absolute atomic E-state index is 5.73. The summed E-state index contributed by atoms with van der Waals surface area (Å²) in [5, 5.41) is 4.34. The number of hydrazine groups is 1. The van der Waals surface area contributed by atoms with Crippen LogP contribution < -0.4 is 11.3 Å². The van der Waals surface area contributed by atoms with Crippen LogP contribution >= 0.6 is 0 Å². The quantitative estimate of drug-likeness (QED) is 0.601. The third-order valence-electron chi connectivity index (χ3n) is 3.09. The smallest absolute Gasteiger partial charge is 0.0895 e. The molecule has 0 bridgehead atoms. The lowest BCUT2D eigenvalue weighted by Gasteiger charge is -2.35. The van der Waals surface area contributed by atoms with Crippen molar-refractivity contribution < 1.29 is 4.74 Å². The van der Waals surface area contributed by atoms with Crippen LogP contribution in [0, 0.1) is 5.41 Å². The van der Waals surface area contributed by atoms with E-state index in [1.807, 2.05) is 16.9 Å². The van der Waals surface area contributed by atoms with Gasteiger partial charge in [-0.05, 0) is 17.9 Å². The van der Waals surface area contributed by atoms with Gasteiger partial charge in [-0.1, -0.05) is 27.7 Å². The van der Waals surface area contributed by atoms with E-state index < -0.39 is 0 Å².